The Morgan fingerprint density at radius 2 is 1.95 bits per heavy atom. The Labute approximate surface area is 111 Å². The number of alkyl halides is 2. The Balaban J connectivity index is 2.06. The van der Waals surface area contributed by atoms with E-state index < -0.39 is 11.8 Å². The van der Waals surface area contributed by atoms with Crippen molar-refractivity contribution < 1.29 is 13.6 Å². The van der Waals surface area contributed by atoms with Crippen LogP contribution in [0.5, 0.6) is 0 Å². The molecule has 1 aromatic carbocycles. The van der Waals surface area contributed by atoms with Crippen molar-refractivity contribution in [3.05, 3.63) is 35.4 Å². The molecule has 19 heavy (non-hydrogen) atoms. The summed E-state index contributed by atoms with van der Waals surface area (Å²) in [6, 6.07) is 5.48. The summed E-state index contributed by atoms with van der Waals surface area (Å²) in [5, 5.41) is 2.39. The van der Waals surface area contributed by atoms with Gasteiger partial charge in [0.25, 0.3) is 5.91 Å². The number of benzene rings is 1. The molecule has 0 heterocycles. The highest BCUT2D eigenvalue weighted by Crippen LogP contribution is 2.29. The van der Waals surface area contributed by atoms with E-state index in [1.807, 2.05) is 6.92 Å². The molecule has 104 valence electrons. The highest BCUT2D eigenvalue weighted by molar-refractivity contribution is 5.85. The molecular weight excluding hydrogens is 250 g/mol. The first-order valence-electron chi connectivity index (χ1n) is 6.41. The first-order valence-corrected chi connectivity index (χ1v) is 6.41. The van der Waals surface area contributed by atoms with Gasteiger partial charge in [0.05, 0.1) is 0 Å². The van der Waals surface area contributed by atoms with Crippen LogP contribution < -0.4 is 11.1 Å². The van der Waals surface area contributed by atoms with Crippen LogP contribution in [0.1, 0.15) is 30.4 Å². The van der Waals surface area contributed by atoms with Crippen molar-refractivity contribution >= 4 is 5.91 Å². The monoisotopic (exact) mass is 268 g/mol. The van der Waals surface area contributed by atoms with Crippen LogP contribution in [0, 0.1) is 6.92 Å². The van der Waals surface area contributed by atoms with E-state index in [2.05, 4.69) is 5.32 Å². The summed E-state index contributed by atoms with van der Waals surface area (Å²) in [5.74, 6) is -4.74. The van der Waals surface area contributed by atoms with Gasteiger partial charge < -0.3 is 11.1 Å². The van der Waals surface area contributed by atoms with E-state index in [4.69, 9.17) is 5.73 Å². The van der Waals surface area contributed by atoms with Gasteiger partial charge in [0, 0.05) is 17.6 Å². The van der Waals surface area contributed by atoms with Crippen LogP contribution in [0.25, 0.3) is 0 Å². The van der Waals surface area contributed by atoms with Gasteiger partial charge in [-0.2, -0.15) is 8.78 Å². The molecule has 2 atom stereocenters. The Kier molecular flexibility index (Phi) is 3.85. The number of carbonyl (C=O) groups excluding carboxylic acids is 1. The lowest BCUT2D eigenvalue weighted by molar-refractivity contribution is -0.147. The molecule has 1 fully saturated rings. The maximum absolute atomic E-state index is 14.0. The van der Waals surface area contributed by atoms with Crippen molar-refractivity contribution in [1.29, 1.82) is 0 Å². The second-order valence-electron chi connectivity index (χ2n) is 5.18. The largest absolute Gasteiger partial charge is 0.349 e. The fraction of sp³-hybridized carbons (Fsp3) is 0.500. The van der Waals surface area contributed by atoms with E-state index in [0.717, 1.165) is 12.0 Å². The SMILES string of the molecule is Cc1ccc(C(F)(F)C(=O)NC2CCC(N)C2)cc1. The average Bonchev–Trinajstić information content (AvgIpc) is 2.75. The van der Waals surface area contributed by atoms with Crippen LogP contribution in [0.3, 0.4) is 0 Å². The number of aryl methyl sites for hydroxylation is 1. The molecule has 0 aliphatic heterocycles. The minimum atomic E-state index is -3.50. The third kappa shape index (κ3) is 3.10. The van der Waals surface area contributed by atoms with Gasteiger partial charge in [-0.1, -0.05) is 29.8 Å². The standard InChI is InChI=1S/C14H18F2N2O/c1-9-2-4-10(5-3-9)14(15,16)13(19)18-12-7-6-11(17)8-12/h2-5,11-12H,6-8,17H2,1H3,(H,18,19). The van der Waals surface area contributed by atoms with Gasteiger partial charge in [0.2, 0.25) is 0 Å². The number of halogens is 2. The number of hydrogen-bond donors (Lipinski definition) is 2. The summed E-state index contributed by atoms with van der Waals surface area (Å²) >= 11 is 0. The molecule has 3 nitrogen and oxygen atoms in total. The second-order valence-corrected chi connectivity index (χ2v) is 5.18. The zero-order valence-corrected chi connectivity index (χ0v) is 10.8. The first kappa shape index (κ1) is 13.9. The lowest BCUT2D eigenvalue weighted by Crippen LogP contribution is -2.43. The lowest BCUT2D eigenvalue weighted by Gasteiger charge is -2.19. The van der Waals surface area contributed by atoms with E-state index in [9.17, 15) is 13.6 Å². The van der Waals surface area contributed by atoms with Crippen LogP contribution in [-0.2, 0) is 10.7 Å². The molecule has 0 spiro atoms. The van der Waals surface area contributed by atoms with E-state index in [-0.39, 0.29) is 17.6 Å². The highest BCUT2D eigenvalue weighted by atomic mass is 19.3. The van der Waals surface area contributed by atoms with Gasteiger partial charge in [0.1, 0.15) is 0 Å². The highest BCUT2D eigenvalue weighted by Gasteiger charge is 2.42. The number of rotatable bonds is 3. The van der Waals surface area contributed by atoms with Gasteiger partial charge in [0.15, 0.2) is 0 Å². The second kappa shape index (κ2) is 5.25. The van der Waals surface area contributed by atoms with Gasteiger partial charge in [-0.05, 0) is 26.2 Å². The summed E-state index contributed by atoms with van der Waals surface area (Å²) in [7, 11) is 0. The molecule has 0 aromatic heterocycles. The molecule has 1 amide bonds. The van der Waals surface area contributed by atoms with E-state index in [1.54, 1.807) is 12.1 Å². The summed E-state index contributed by atoms with van der Waals surface area (Å²) in [6.07, 6.45) is 1.99. The molecule has 1 aliphatic carbocycles. The molecule has 1 aromatic rings. The molecule has 0 saturated heterocycles. The Bertz CT molecular complexity index is 459. The molecule has 2 rings (SSSR count). The molecular formula is C14H18F2N2O. The summed E-state index contributed by atoms with van der Waals surface area (Å²) in [6.45, 7) is 1.81. The number of nitrogens with one attached hydrogen (secondary N) is 1. The Morgan fingerprint density at radius 3 is 2.47 bits per heavy atom. The van der Waals surface area contributed by atoms with Crippen molar-refractivity contribution in [2.24, 2.45) is 5.73 Å². The Hall–Kier alpha value is -1.49. The van der Waals surface area contributed by atoms with Crippen molar-refractivity contribution in [2.75, 3.05) is 0 Å². The van der Waals surface area contributed by atoms with Gasteiger partial charge >= 0.3 is 5.92 Å². The van der Waals surface area contributed by atoms with Crippen LogP contribution in [0.4, 0.5) is 8.78 Å². The van der Waals surface area contributed by atoms with Crippen LogP contribution in [-0.4, -0.2) is 18.0 Å². The van der Waals surface area contributed by atoms with Crippen molar-refractivity contribution in [2.45, 2.75) is 44.2 Å². The van der Waals surface area contributed by atoms with Crippen molar-refractivity contribution in [3.8, 4) is 0 Å². The molecule has 0 radical (unpaired) electrons. The van der Waals surface area contributed by atoms with Crippen LogP contribution in [0.2, 0.25) is 0 Å². The van der Waals surface area contributed by atoms with Crippen LogP contribution in [0.15, 0.2) is 24.3 Å². The zero-order valence-electron chi connectivity index (χ0n) is 10.8. The van der Waals surface area contributed by atoms with Gasteiger partial charge in [-0.3, -0.25) is 4.79 Å². The van der Waals surface area contributed by atoms with Gasteiger partial charge in [-0.15, -0.1) is 0 Å². The van der Waals surface area contributed by atoms with Gasteiger partial charge in [-0.25, -0.2) is 0 Å². The van der Waals surface area contributed by atoms with E-state index in [0.29, 0.717) is 12.8 Å². The lowest BCUT2D eigenvalue weighted by atomic mass is 10.1. The molecule has 3 N–H and O–H groups in total. The predicted molar refractivity (Wildman–Crippen MR) is 68.8 cm³/mol. The van der Waals surface area contributed by atoms with Crippen LogP contribution >= 0.6 is 0 Å². The predicted octanol–water partition coefficient (Wildman–Crippen LogP) is 2.08. The number of hydrogen-bond acceptors (Lipinski definition) is 2. The maximum atomic E-state index is 14.0. The first-order chi connectivity index (χ1) is 8.89. The third-order valence-electron chi connectivity index (χ3n) is 3.51. The number of carbonyl (C=O) groups is 1. The molecule has 1 aliphatic rings. The van der Waals surface area contributed by atoms with Crippen molar-refractivity contribution in [1.82, 2.24) is 5.32 Å². The van der Waals surface area contributed by atoms with E-state index >= 15 is 0 Å². The maximum Gasteiger partial charge on any atom is 0.349 e. The van der Waals surface area contributed by atoms with E-state index in [1.165, 1.54) is 12.1 Å². The molecule has 5 heteroatoms. The minimum absolute atomic E-state index is 0.00158. The normalized spacial score (nSPS) is 23.4. The van der Waals surface area contributed by atoms with Crippen molar-refractivity contribution in [3.63, 3.8) is 0 Å². The Morgan fingerprint density at radius 1 is 1.32 bits per heavy atom. The fourth-order valence-electron chi connectivity index (χ4n) is 2.32. The average molecular weight is 268 g/mol. The summed E-state index contributed by atoms with van der Waals surface area (Å²) in [5.41, 5.74) is 6.30. The minimum Gasteiger partial charge on any atom is -0.348 e. The molecule has 1 saturated carbocycles. The summed E-state index contributed by atoms with van der Waals surface area (Å²) < 4.78 is 28.0. The quantitative estimate of drug-likeness (QED) is 0.882. The number of amides is 1. The third-order valence-corrected chi connectivity index (χ3v) is 3.51. The fourth-order valence-corrected chi connectivity index (χ4v) is 2.32. The summed E-state index contributed by atoms with van der Waals surface area (Å²) in [4.78, 5) is 11.7. The topological polar surface area (TPSA) is 55.1 Å². The smallest absolute Gasteiger partial charge is 0.348 e. The molecule has 2 unspecified atom stereocenters. The molecule has 0 bridgehead atoms. The zero-order chi connectivity index (χ0) is 14.0. The number of nitrogens with two attached hydrogens (primary N) is 1.